The predicted molar refractivity (Wildman–Crippen MR) is 77.7 cm³/mol. The maximum absolute atomic E-state index is 12.2. The number of fused-ring (bicyclic) bond motifs is 1. The van der Waals surface area contributed by atoms with Crippen LogP contribution in [-0.2, 0) is 4.79 Å². The molecule has 3 rings (SSSR count). The second-order valence-electron chi connectivity index (χ2n) is 5.54. The van der Waals surface area contributed by atoms with E-state index in [0.717, 1.165) is 43.3 Å². The minimum Gasteiger partial charge on any atom is -0.364 e. The summed E-state index contributed by atoms with van der Waals surface area (Å²) in [5.41, 5.74) is 2.22. The lowest BCUT2D eigenvalue weighted by molar-refractivity contribution is -0.117. The van der Waals surface area contributed by atoms with E-state index in [1.807, 2.05) is 29.0 Å². The van der Waals surface area contributed by atoms with E-state index in [2.05, 4.69) is 17.4 Å². The number of nitrogens with one attached hydrogen (secondary N) is 1. The van der Waals surface area contributed by atoms with Crippen molar-refractivity contribution in [3.63, 3.8) is 0 Å². The van der Waals surface area contributed by atoms with Gasteiger partial charge in [-0.2, -0.15) is 0 Å². The highest BCUT2D eigenvalue weighted by atomic mass is 16.2. The fourth-order valence-electron chi connectivity index (χ4n) is 3.04. The van der Waals surface area contributed by atoms with E-state index < -0.39 is 0 Å². The Morgan fingerprint density at radius 1 is 1.32 bits per heavy atom. The Morgan fingerprint density at radius 3 is 2.84 bits per heavy atom. The minimum absolute atomic E-state index is 0.215. The highest BCUT2D eigenvalue weighted by Crippen LogP contribution is 2.32. The monoisotopic (exact) mass is 259 g/mol. The minimum atomic E-state index is 0.215. The number of hydrogen-bond acceptors (Lipinski definition) is 3. The Labute approximate surface area is 114 Å². The first kappa shape index (κ1) is 12.5. The van der Waals surface area contributed by atoms with Gasteiger partial charge in [-0.25, -0.2) is 0 Å². The van der Waals surface area contributed by atoms with Crippen LogP contribution < -0.4 is 15.1 Å². The first-order valence-corrected chi connectivity index (χ1v) is 7.07. The van der Waals surface area contributed by atoms with Gasteiger partial charge in [-0.05, 0) is 44.0 Å². The average molecular weight is 259 g/mol. The Bertz CT molecular complexity index is 468. The Hall–Kier alpha value is -1.55. The highest BCUT2D eigenvalue weighted by Gasteiger charge is 2.27. The summed E-state index contributed by atoms with van der Waals surface area (Å²) in [5, 5.41) is 3.39. The number of para-hydroxylation sites is 2. The molecule has 1 aromatic rings. The van der Waals surface area contributed by atoms with Crippen molar-refractivity contribution in [2.45, 2.75) is 12.8 Å². The van der Waals surface area contributed by atoms with Crippen LogP contribution in [0, 0.1) is 5.92 Å². The van der Waals surface area contributed by atoms with Crippen LogP contribution in [0.4, 0.5) is 11.4 Å². The fraction of sp³-hybridized carbons (Fsp3) is 0.533. The van der Waals surface area contributed by atoms with E-state index in [1.165, 1.54) is 6.42 Å². The van der Waals surface area contributed by atoms with E-state index >= 15 is 0 Å². The van der Waals surface area contributed by atoms with Crippen molar-refractivity contribution in [2.75, 3.05) is 43.0 Å². The highest BCUT2D eigenvalue weighted by molar-refractivity contribution is 6.03. The van der Waals surface area contributed by atoms with E-state index in [0.29, 0.717) is 6.54 Å². The molecule has 4 nitrogen and oxygen atoms in total. The molecule has 1 atom stereocenters. The van der Waals surface area contributed by atoms with Crippen LogP contribution in [0.2, 0.25) is 0 Å². The molecule has 2 aliphatic heterocycles. The molecule has 2 heterocycles. The molecule has 19 heavy (non-hydrogen) atoms. The fourth-order valence-corrected chi connectivity index (χ4v) is 3.04. The standard InChI is InChI=1S/C15H21N3O/c1-17-11-15(19)18(9-7-12-6-8-16-10-12)14-5-3-2-4-13(14)17/h2-5,12,16H,6-11H2,1H3. The van der Waals surface area contributed by atoms with Crippen LogP contribution in [0.15, 0.2) is 24.3 Å². The molecule has 0 bridgehead atoms. The van der Waals surface area contributed by atoms with E-state index in [9.17, 15) is 4.79 Å². The number of carbonyl (C=O) groups excluding carboxylic acids is 1. The van der Waals surface area contributed by atoms with Crippen LogP contribution >= 0.6 is 0 Å². The molecular weight excluding hydrogens is 238 g/mol. The summed E-state index contributed by atoms with van der Waals surface area (Å²) in [6.07, 6.45) is 2.33. The van der Waals surface area contributed by atoms with Crippen molar-refractivity contribution in [3.05, 3.63) is 24.3 Å². The number of likely N-dealkylation sites (N-methyl/N-ethyl adjacent to an activating group) is 1. The third-order valence-corrected chi connectivity index (χ3v) is 4.18. The van der Waals surface area contributed by atoms with E-state index in [4.69, 9.17) is 0 Å². The molecule has 0 aromatic heterocycles. The van der Waals surface area contributed by atoms with Crippen LogP contribution in [0.1, 0.15) is 12.8 Å². The summed E-state index contributed by atoms with van der Waals surface area (Å²) >= 11 is 0. The van der Waals surface area contributed by atoms with Gasteiger partial charge in [-0.1, -0.05) is 12.1 Å². The van der Waals surface area contributed by atoms with Crippen LogP contribution in [0.5, 0.6) is 0 Å². The van der Waals surface area contributed by atoms with Crippen molar-refractivity contribution in [1.82, 2.24) is 5.32 Å². The number of benzene rings is 1. The largest absolute Gasteiger partial charge is 0.364 e. The lowest BCUT2D eigenvalue weighted by atomic mass is 10.0. The number of carbonyl (C=O) groups is 1. The Balaban J connectivity index is 1.76. The van der Waals surface area contributed by atoms with Crippen molar-refractivity contribution in [2.24, 2.45) is 5.92 Å². The maximum atomic E-state index is 12.2. The summed E-state index contributed by atoms with van der Waals surface area (Å²) in [5.74, 6) is 0.937. The van der Waals surface area contributed by atoms with Crippen molar-refractivity contribution in [3.8, 4) is 0 Å². The van der Waals surface area contributed by atoms with Gasteiger partial charge >= 0.3 is 0 Å². The molecule has 0 aliphatic carbocycles. The van der Waals surface area contributed by atoms with Crippen LogP contribution in [-0.4, -0.2) is 39.1 Å². The lowest BCUT2D eigenvalue weighted by Crippen LogP contribution is -2.45. The van der Waals surface area contributed by atoms with Crippen molar-refractivity contribution >= 4 is 17.3 Å². The summed E-state index contributed by atoms with van der Waals surface area (Å²) < 4.78 is 0. The second-order valence-corrected chi connectivity index (χ2v) is 5.54. The first-order chi connectivity index (χ1) is 9.25. The molecule has 1 saturated heterocycles. The van der Waals surface area contributed by atoms with Gasteiger partial charge in [0.15, 0.2) is 0 Å². The summed E-state index contributed by atoms with van der Waals surface area (Å²) in [7, 11) is 1.98. The molecule has 4 heteroatoms. The van der Waals surface area contributed by atoms with E-state index in [1.54, 1.807) is 0 Å². The Morgan fingerprint density at radius 2 is 2.11 bits per heavy atom. The van der Waals surface area contributed by atoms with Gasteiger partial charge in [0.2, 0.25) is 5.91 Å². The lowest BCUT2D eigenvalue weighted by Gasteiger charge is -2.35. The molecule has 1 aromatic carbocycles. The molecule has 0 saturated carbocycles. The number of hydrogen-bond donors (Lipinski definition) is 1. The molecule has 102 valence electrons. The number of anilines is 2. The molecule has 1 amide bonds. The zero-order valence-electron chi connectivity index (χ0n) is 11.4. The molecule has 0 spiro atoms. The second kappa shape index (κ2) is 5.21. The van der Waals surface area contributed by atoms with Crippen LogP contribution in [0.3, 0.4) is 0 Å². The zero-order chi connectivity index (χ0) is 13.2. The van der Waals surface area contributed by atoms with Gasteiger partial charge in [0.05, 0.1) is 17.9 Å². The van der Waals surface area contributed by atoms with Gasteiger partial charge in [-0.3, -0.25) is 4.79 Å². The molecule has 2 aliphatic rings. The summed E-state index contributed by atoms with van der Waals surface area (Å²) in [6.45, 7) is 3.55. The molecule has 1 unspecified atom stereocenters. The van der Waals surface area contributed by atoms with Crippen molar-refractivity contribution < 1.29 is 4.79 Å². The van der Waals surface area contributed by atoms with E-state index in [-0.39, 0.29) is 5.91 Å². The topological polar surface area (TPSA) is 35.6 Å². The zero-order valence-corrected chi connectivity index (χ0v) is 11.4. The molecule has 1 N–H and O–H groups in total. The molecular formula is C15H21N3O. The van der Waals surface area contributed by atoms with Crippen LogP contribution in [0.25, 0.3) is 0 Å². The SMILES string of the molecule is CN1CC(=O)N(CCC2CCNC2)c2ccccc21. The number of rotatable bonds is 3. The van der Waals surface area contributed by atoms with Gasteiger partial charge in [0, 0.05) is 13.6 Å². The number of amides is 1. The summed E-state index contributed by atoms with van der Waals surface area (Å²) in [4.78, 5) is 16.2. The van der Waals surface area contributed by atoms with Gasteiger partial charge in [0.1, 0.15) is 0 Å². The van der Waals surface area contributed by atoms with Gasteiger partial charge in [-0.15, -0.1) is 0 Å². The third kappa shape index (κ3) is 2.45. The normalized spacial score (nSPS) is 22.8. The Kier molecular flexibility index (Phi) is 3.42. The van der Waals surface area contributed by atoms with Gasteiger partial charge in [0.25, 0.3) is 0 Å². The summed E-state index contributed by atoms with van der Waals surface area (Å²) in [6, 6.07) is 8.18. The predicted octanol–water partition coefficient (Wildman–Crippen LogP) is 1.47. The average Bonchev–Trinajstić information content (AvgIpc) is 2.92. The molecule has 0 radical (unpaired) electrons. The van der Waals surface area contributed by atoms with Gasteiger partial charge < -0.3 is 15.1 Å². The first-order valence-electron chi connectivity index (χ1n) is 7.07. The van der Waals surface area contributed by atoms with Crippen molar-refractivity contribution in [1.29, 1.82) is 0 Å². The smallest absolute Gasteiger partial charge is 0.246 e. The quantitative estimate of drug-likeness (QED) is 0.893. The third-order valence-electron chi connectivity index (χ3n) is 4.18. The maximum Gasteiger partial charge on any atom is 0.246 e. The number of nitrogens with zero attached hydrogens (tertiary/aromatic N) is 2. The molecule has 1 fully saturated rings.